The van der Waals surface area contributed by atoms with Crippen LogP contribution in [0.3, 0.4) is 0 Å². The maximum atomic E-state index is 10.8. The van der Waals surface area contributed by atoms with Crippen LogP contribution in [0.25, 0.3) is 0 Å². The van der Waals surface area contributed by atoms with Crippen molar-refractivity contribution in [2.45, 2.75) is 52.4 Å². The quantitative estimate of drug-likeness (QED) is 0.653. The summed E-state index contributed by atoms with van der Waals surface area (Å²) < 4.78 is 0. The Hall–Kier alpha value is -0.440. The molecule has 0 aromatic carbocycles. The molecule has 0 atom stereocenters. The lowest BCUT2D eigenvalue weighted by molar-refractivity contribution is 0.143. The number of halogens is 1. The molecule has 0 saturated carbocycles. The Balaban J connectivity index is 0. The Morgan fingerprint density at radius 1 is 1.00 bits per heavy atom. The van der Waals surface area contributed by atoms with Crippen molar-refractivity contribution in [3.05, 3.63) is 0 Å². The van der Waals surface area contributed by atoms with Crippen LogP contribution in [-0.4, -0.2) is 29.2 Å². The number of unbranched alkanes of at least 4 members (excludes halogenated alkanes) is 4. The molecule has 15 heavy (non-hydrogen) atoms. The van der Waals surface area contributed by atoms with Gasteiger partial charge in [-0.3, -0.25) is 0 Å². The topological polar surface area (TPSA) is 40.5 Å². The second kappa shape index (κ2) is 11.6. The zero-order chi connectivity index (χ0) is 10.8. The first-order valence-electron chi connectivity index (χ1n) is 5.70. The predicted molar refractivity (Wildman–Crippen MR) is 65.9 cm³/mol. The van der Waals surface area contributed by atoms with Crippen molar-refractivity contribution in [3.63, 3.8) is 0 Å². The van der Waals surface area contributed by atoms with Crippen LogP contribution in [0.15, 0.2) is 0 Å². The highest BCUT2D eigenvalue weighted by Crippen LogP contribution is 2.02. The summed E-state index contributed by atoms with van der Waals surface area (Å²) in [4.78, 5) is 12.4. The number of hydrogen-bond acceptors (Lipinski definition) is 1. The van der Waals surface area contributed by atoms with Gasteiger partial charge in [0.15, 0.2) is 0 Å². The lowest BCUT2D eigenvalue weighted by atomic mass is 10.2. The van der Waals surface area contributed by atoms with Gasteiger partial charge in [-0.15, -0.1) is 12.4 Å². The minimum absolute atomic E-state index is 0. The average Bonchev–Trinajstić information content (AvgIpc) is 2.15. The van der Waals surface area contributed by atoms with Gasteiger partial charge in [0, 0.05) is 13.1 Å². The first-order chi connectivity index (χ1) is 6.72. The molecule has 4 heteroatoms. The summed E-state index contributed by atoms with van der Waals surface area (Å²) in [6, 6.07) is 0. The van der Waals surface area contributed by atoms with Crippen molar-refractivity contribution >= 4 is 18.5 Å². The molecule has 0 spiro atoms. The third-order valence-electron chi connectivity index (χ3n) is 2.33. The molecule has 1 amide bonds. The number of amides is 1. The molecule has 3 nitrogen and oxygen atoms in total. The highest BCUT2D eigenvalue weighted by molar-refractivity contribution is 5.85. The van der Waals surface area contributed by atoms with Gasteiger partial charge in [-0.05, 0) is 12.8 Å². The molecule has 0 fully saturated rings. The summed E-state index contributed by atoms with van der Waals surface area (Å²) in [5.74, 6) is 0. The van der Waals surface area contributed by atoms with Crippen molar-refractivity contribution in [1.29, 1.82) is 0 Å². The maximum absolute atomic E-state index is 10.8. The van der Waals surface area contributed by atoms with E-state index in [-0.39, 0.29) is 12.4 Å². The van der Waals surface area contributed by atoms with E-state index in [2.05, 4.69) is 13.8 Å². The Kier molecular flexibility index (Phi) is 13.2. The molecule has 0 radical (unpaired) electrons. The van der Waals surface area contributed by atoms with Gasteiger partial charge in [0.25, 0.3) is 0 Å². The molecule has 0 aromatic heterocycles. The Labute approximate surface area is 99.3 Å². The molecular formula is C11H24ClNO2. The molecular weight excluding hydrogens is 214 g/mol. The number of carbonyl (C=O) groups is 1. The van der Waals surface area contributed by atoms with Crippen molar-refractivity contribution in [2.24, 2.45) is 0 Å². The van der Waals surface area contributed by atoms with Gasteiger partial charge in [0.05, 0.1) is 0 Å². The maximum Gasteiger partial charge on any atom is 0.407 e. The minimum atomic E-state index is -0.766. The van der Waals surface area contributed by atoms with Gasteiger partial charge < -0.3 is 10.0 Å². The lowest BCUT2D eigenvalue weighted by Crippen LogP contribution is -2.31. The lowest BCUT2D eigenvalue weighted by Gasteiger charge is -2.18. The van der Waals surface area contributed by atoms with Crippen molar-refractivity contribution in [1.82, 2.24) is 4.90 Å². The fourth-order valence-electron chi connectivity index (χ4n) is 1.41. The van der Waals surface area contributed by atoms with Gasteiger partial charge in [0.2, 0.25) is 0 Å². The van der Waals surface area contributed by atoms with E-state index in [0.29, 0.717) is 13.1 Å². The largest absolute Gasteiger partial charge is 0.465 e. The van der Waals surface area contributed by atoms with Crippen molar-refractivity contribution < 1.29 is 9.90 Å². The number of hydrogen-bond donors (Lipinski definition) is 1. The van der Waals surface area contributed by atoms with Crippen LogP contribution in [0.2, 0.25) is 0 Å². The van der Waals surface area contributed by atoms with Gasteiger partial charge in [0.1, 0.15) is 0 Å². The molecule has 0 rings (SSSR count). The third kappa shape index (κ3) is 9.85. The zero-order valence-electron chi connectivity index (χ0n) is 9.87. The van der Waals surface area contributed by atoms with Crippen molar-refractivity contribution in [2.75, 3.05) is 13.1 Å². The minimum Gasteiger partial charge on any atom is -0.465 e. The van der Waals surface area contributed by atoms with Crippen LogP contribution >= 0.6 is 12.4 Å². The third-order valence-corrected chi connectivity index (χ3v) is 2.33. The molecule has 0 bridgehead atoms. The van der Waals surface area contributed by atoms with Crippen LogP contribution in [0.1, 0.15) is 52.4 Å². The smallest absolute Gasteiger partial charge is 0.407 e. The SMILES string of the molecule is CCCCCN(CCCCC)C(=O)O.Cl. The first kappa shape index (κ1) is 17.0. The second-order valence-electron chi connectivity index (χ2n) is 3.68. The number of rotatable bonds is 8. The molecule has 0 heterocycles. The summed E-state index contributed by atoms with van der Waals surface area (Å²) in [6.07, 6.45) is 5.75. The Morgan fingerprint density at radius 2 is 1.40 bits per heavy atom. The summed E-state index contributed by atoms with van der Waals surface area (Å²) in [7, 11) is 0. The standard InChI is InChI=1S/C11H23NO2.ClH/c1-3-5-7-9-12(11(13)14)10-8-6-4-2;/h3-10H2,1-2H3,(H,13,14);1H. The fraction of sp³-hybridized carbons (Fsp3) is 0.909. The fourth-order valence-corrected chi connectivity index (χ4v) is 1.41. The Morgan fingerprint density at radius 3 is 1.67 bits per heavy atom. The second-order valence-corrected chi connectivity index (χ2v) is 3.68. The summed E-state index contributed by atoms with van der Waals surface area (Å²) in [6.45, 7) is 5.66. The average molecular weight is 238 g/mol. The Bertz CT molecular complexity index is 144. The molecule has 0 aliphatic carbocycles. The van der Waals surface area contributed by atoms with E-state index >= 15 is 0 Å². The highest BCUT2D eigenvalue weighted by atomic mass is 35.5. The van der Waals surface area contributed by atoms with Crippen LogP contribution in [0.4, 0.5) is 4.79 Å². The summed E-state index contributed by atoms with van der Waals surface area (Å²) in [5.41, 5.74) is 0. The van der Waals surface area contributed by atoms with Gasteiger partial charge >= 0.3 is 6.09 Å². The van der Waals surface area contributed by atoms with Gasteiger partial charge in [-0.2, -0.15) is 0 Å². The zero-order valence-corrected chi connectivity index (χ0v) is 10.7. The molecule has 92 valence electrons. The van der Waals surface area contributed by atoms with E-state index < -0.39 is 6.09 Å². The predicted octanol–water partition coefficient (Wildman–Crippen LogP) is 3.77. The number of carboxylic acid groups (broad SMARTS) is 1. The summed E-state index contributed by atoms with van der Waals surface area (Å²) in [5, 5.41) is 8.90. The van der Waals surface area contributed by atoms with Crippen molar-refractivity contribution in [3.8, 4) is 0 Å². The molecule has 0 aromatic rings. The van der Waals surface area contributed by atoms with Crippen LogP contribution in [-0.2, 0) is 0 Å². The first-order valence-corrected chi connectivity index (χ1v) is 5.70. The summed E-state index contributed by atoms with van der Waals surface area (Å²) >= 11 is 0. The van der Waals surface area contributed by atoms with Crippen LogP contribution in [0.5, 0.6) is 0 Å². The van der Waals surface area contributed by atoms with E-state index in [9.17, 15) is 4.79 Å². The monoisotopic (exact) mass is 237 g/mol. The molecule has 0 unspecified atom stereocenters. The van der Waals surface area contributed by atoms with Gasteiger partial charge in [-0.25, -0.2) is 4.79 Å². The highest BCUT2D eigenvalue weighted by Gasteiger charge is 2.09. The molecule has 0 aliphatic rings. The van der Waals surface area contributed by atoms with E-state index in [1.807, 2.05) is 0 Å². The van der Waals surface area contributed by atoms with E-state index in [1.165, 1.54) is 0 Å². The molecule has 1 N–H and O–H groups in total. The van der Waals surface area contributed by atoms with Crippen LogP contribution < -0.4 is 0 Å². The molecule has 0 saturated heterocycles. The molecule has 0 aliphatic heterocycles. The van der Waals surface area contributed by atoms with Gasteiger partial charge in [-0.1, -0.05) is 39.5 Å². The van der Waals surface area contributed by atoms with E-state index in [4.69, 9.17) is 5.11 Å². The van der Waals surface area contributed by atoms with E-state index in [0.717, 1.165) is 38.5 Å². The normalized spacial score (nSPS) is 9.47. The van der Waals surface area contributed by atoms with Crippen LogP contribution in [0, 0.1) is 0 Å². The van der Waals surface area contributed by atoms with E-state index in [1.54, 1.807) is 4.90 Å². The number of nitrogens with zero attached hydrogens (tertiary/aromatic N) is 1.